The largest absolute Gasteiger partial charge is 0.462 e. The maximum absolute atomic E-state index is 12.8. The molecule has 0 spiro atoms. The Bertz CT molecular complexity index is 1470. The van der Waals surface area contributed by atoms with E-state index in [1.807, 2.05) is 6.08 Å². The standard InChI is InChI=1S/C63H102O6/c1-4-7-10-13-16-19-22-25-28-30-31-33-35-38-41-44-47-50-53-56-62(65)68-59-60(58-67-61(64)55-52-49-46-43-40-37-34-27-24-21-18-15-12-9-6-3)69-63(66)57-54-51-48-45-42-39-36-32-29-26-23-20-17-14-11-8-5-2/h8-9,11-12,17-18,20-21,25-29,34,36,39-40,43,49,52,60H,4-7,10,13-16,19,22-24,30-33,35,37-38,41-42,44-48,50-51,53-59H2,1-3H3/b11-8-,12-9-,20-17-,21-18-,28-25-,29-26-,34-27-,39-36-,43-40-,52-49-. The van der Waals surface area contributed by atoms with Crippen LogP contribution in [0.2, 0.25) is 0 Å². The molecule has 0 aromatic rings. The van der Waals surface area contributed by atoms with Gasteiger partial charge in [-0.2, -0.15) is 0 Å². The quantitative estimate of drug-likeness (QED) is 0.0262. The molecule has 0 bridgehead atoms. The highest BCUT2D eigenvalue weighted by Gasteiger charge is 2.19. The maximum Gasteiger partial charge on any atom is 0.309 e. The van der Waals surface area contributed by atoms with E-state index in [-0.39, 0.29) is 38.0 Å². The topological polar surface area (TPSA) is 78.9 Å². The van der Waals surface area contributed by atoms with Crippen molar-refractivity contribution >= 4 is 17.9 Å². The summed E-state index contributed by atoms with van der Waals surface area (Å²) in [4.78, 5) is 38.1. The SMILES string of the molecule is CC/C=C\C/C=C\C/C=C\C/C=C\C/C=C\CC(=O)OCC(COC(=O)CCCCCCCCCCC/C=C\CCCCCCCC)OC(=O)CCCCCC/C=C\C/C=C\C/C=C\C/C=C\CC. The molecule has 1 atom stereocenters. The van der Waals surface area contributed by atoms with Crippen molar-refractivity contribution < 1.29 is 28.6 Å². The van der Waals surface area contributed by atoms with Crippen LogP contribution in [-0.2, 0) is 28.6 Å². The van der Waals surface area contributed by atoms with Crippen molar-refractivity contribution in [2.45, 2.75) is 245 Å². The predicted octanol–water partition coefficient (Wildman–Crippen LogP) is 18.9. The van der Waals surface area contributed by atoms with Gasteiger partial charge in [0.2, 0.25) is 0 Å². The Morgan fingerprint density at radius 3 is 1.03 bits per heavy atom. The summed E-state index contributed by atoms with van der Waals surface area (Å²) < 4.78 is 16.7. The lowest BCUT2D eigenvalue weighted by Crippen LogP contribution is -2.30. The van der Waals surface area contributed by atoms with Crippen LogP contribution in [0.4, 0.5) is 0 Å². The highest BCUT2D eigenvalue weighted by Crippen LogP contribution is 2.14. The second-order valence-electron chi connectivity index (χ2n) is 18.1. The van der Waals surface area contributed by atoms with E-state index in [1.54, 1.807) is 6.08 Å². The first-order valence-electron chi connectivity index (χ1n) is 28.0. The number of rotatable bonds is 49. The third-order valence-corrected chi connectivity index (χ3v) is 11.5. The van der Waals surface area contributed by atoms with Crippen LogP contribution in [0.1, 0.15) is 239 Å². The van der Waals surface area contributed by atoms with Gasteiger partial charge in [0.1, 0.15) is 13.2 Å². The summed E-state index contributed by atoms with van der Waals surface area (Å²) in [6.07, 6.45) is 77.8. The molecule has 390 valence electrons. The van der Waals surface area contributed by atoms with Crippen LogP contribution in [-0.4, -0.2) is 37.2 Å². The molecule has 0 amide bonds. The second-order valence-corrected chi connectivity index (χ2v) is 18.1. The molecular weight excluding hydrogens is 853 g/mol. The lowest BCUT2D eigenvalue weighted by Gasteiger charge is -2.18. The summed E-state index contributed by atoms with van der Waals surface area (Å²) in [5, 5.41) is 0. The molecule has 0 saturated carbocycles. The van der Waals surface area contributed by atoms with Gasteiger partial charge in [-0.25, -0.2) is 0 Å². The van der Waals surface area contributed by atoms with Crippen molar-refractivity contribution in [2.24, 2.45) is 0 Å². The zero-order valence-corrected chi connectivity index (χ0v) is 44.5. The molecule has 0 saturated heterocycles. The summed E-state index contributed by atoms with van der Waals surface area (Å²) in [7, 11) is 0. The molecule has 6 nitrogen and oxygen atoms in total. The lowest BCUT2D eigenvalue weighted by molar-refractivity contribution is -0.166. The van der Waals surface area contributed by atoms with Gasteiger partial charge in [0, 0.05) is 12.8 Å². The van der Waals surface area contributed by atoms with Gasteiger partial charge < -0.3 is 14.2 Å². The van der Waals surface area contributed by atoms with E-state index < -0.39 is 12.1 Å². The first kappa shape index (κ1) is 64.8. The van der Waals surface area contributed by atoms with E-state index >= 15 is 0 Å². The number of hydrogen-bond acceptors (Lipinski definition) is 6. The highest BCUT2D eigenvalue weighted by atomic mass is 16.6. The molecule has 0 rings (SSSR count). The van der Waals surface area contributed by atoms with E-state index in [4.69, 9.17) is 14.2 Å². The van der Waals surface area contributed by atoms with E-state index in [2.05, 4.69) is 130 Å². The molecule has 0 aliphatic heterocycles. The van der Waals surface area contributed by atoms with Crippen molar-refractivity contribution in [1.82, 2.24) is 0 Å². The Balaban J connectivity index is 4.53. The first-order valence-corrected chi connectivity index (χ1v) is 28.0. The molecule has 0 aliphatic carbocycles. The average Bonchev–Trinajstić information content (AvgIpc) is 3.35. The zero-order valence-electron chi connectivity index (χ0n) is 44.5. The van der Waals surface area contributed by atoms with Gasteiger partial charge in [-0.3, -0.25) is 14.4 Å². The molecule has 6 heteroatoms. The van der Waals surface area contributed by atoms with Crippen LogP contribution in [0.15, 0.2) is 122 Å². The third-order valence-electron chi connectivity index (χ3n) is 11.5. The number of unbranched alkanes of at least 4 members (excludes halogenated alkanes) is 19. The van der Waals surface area contributed by atoms with Crippen LogP contribution in [0.3, 0.4) is 0 Å². The summed E-state index contributed by atoms with van der Waals surface area (Å²) in [6.45, 7) is 6.29. The second kappa shape index (κ2) is 56.4. The van der Waals surface area contributed by atoms with Gasteiger partial charge in [-0.1, -0.05) is 232 Å². The van der Waals surface area contributed by atoms with E-state index in [0.29, 0.717) is 6.42 Å². The molecular formula is C63H102O6. The number of esters is 3. The first-order chi connectivity index (χ1) is 34.0. The van der Waals surface area contributed by atoms with E-state index in [1.165, 1.54) is 89.9 Å². The molecule has 69 heavy (non-hydrogen) atoms. The number of ether oxygens (including phenoxy) is 3. The molecule has 0 aromatic carbocycles. The molecule has 0 fully saturated rings. The van der Waals surface area contributed by atoms with Crippen LogP contribution >= 0.6 is 0 Å². The Morgan fingerprint density at radius 1 is 0.319 bits per heavy atom. The summed E-state index contributed by atoms with van der Waals surface area (Å²) in [5.41, 5.74) is 0. The van der Waals surface area contributed by atoms with Crippen molar-refractivity contribution in [3.05, 3.63) is 122 Å². The van der Waals surface area contributed by atoms with Gasteiger partial charge in [-0.05, 0) is 109 Å². The fourth-order valence-electron chi connectivity index (χ4n) is 7.32. The zero-order chi connectivity index (χ0) is 50.0. The van der Waals surface area contributed by atoms with Crippen molar-refractivity contribution in [3.8, 4) is 0 Å². The molecule has 0 radical (unpaired) electrons. The van der Waals surface area contributed by atoms with Crippen LogP contribution in [0.25, 0.3) is 0 Å². The van der Waals surface area contributed by atoms with Crippen LogP contribution in [0.5, 0.6) is 0 Å². The average molecular weight is 956 g/mol. The number of allylic oxidation sites excluding steroid dienone is 19. The molecule has 1 unspecified atom stereocenters. The normalized spacial score (nSPS) is 13.0. The van der Waals surface area contributed by atoms with Crippen molar-refractivity contribution in [2.75, 3.05) is 13.2 Å². The minimum Gasteiger partial charge on any atom is -0.462 e. The monoisotopic (exact) mass is 955 g/mol. The van der Waals surface area contributed by atoms with Gasteiger partial charge in [0.15, 0.2) is 6.10 Å². The Kier molecular flexibility index (Phi) is 53.0. The van der Waals surface area contributed by atoms with Gasteiger partial charge in [0.25, 0.3) is 0 Å². The predicted molar refractivity (Wildman–Crippen MR) is 297 cm³/mol. The minimum atomic E-state index is -0.835. The molecule has 0 aromatic heterocycles. The van der Waals surface area contributed by atoms with Crippen LogP contribution in [0, 0.1) is 0 Å². The fourth-order valence-corrected chi connectivity index (χ4v) is 7.32. The summed E-state index contributed by atoms with van der Waals surface area (Å²) in [5.74, 6) is -1.08. The van der Waals surface area contributed by atoms with E-state index in [0.717, 1.165) is 109 Å². The lowest BCUT2D eigenvalue weighted by atomic mass is 10.1. The highest BCUT2D eigenvalue weighted by molar-refractivity contribution is 5.72. The Morgan fingerprint density at radius 2 is 0.623 bits per heavy atom. The fraction of sp³-hybridized carbons (Fsp3) is 0.635. The number of carbonyl (C=O) groups excluding carboxylic acids is 3. The molecule has 0 heterocycles. The minimum absolute atomic E-state index is 0.117. The van der Waals surface area contributed by atoms with Gasteiger partial charge in [-0.15, -0.1) is 0 Å². The summed E-state index contributed by atoms with van der Waals surface area (Å²) >= 11 is 0. The Hall–Kier alpha value is -4.19. The number of hydrogen-bond donors (Lipinski definition) is 0. The van der Waals surface area contributed by atoms with Crippen molar-refractivity contribution in [1.29, 1.82) is 0 Å². The smallest absolute Gasteiger partial charge is 0.309 e. The maximum atomic E-state index is 12.8. The van der Waals surface area contributed by atoms with Crippen molar-refractivity contribution in [3.63, 3.8) is 0 Å². The molecule has 0 aliphatic rings. The van der Waals surface area contributed by atoms with Gasteiger partial charge in [0.05, 0.1) is 6.42 Å². The van der Waals surface area contributed by atoms with Gasteiger partial charge >= 0.3 is 17.9 Å². The Labute approximate surface area is 424 Å². The third kappa shape index (κ3) is 54.6. The van der Waals surface area contributed by atoms with E-state index in [9.17, 15) is 14.4 Å². The van der Waals surface area contributed by atoms with Crippen LogP contribution < -0.4 is 0 Å². The summed E-state index contributed by atoms with van der Waals surface area (Å²) in [6, 6.07) is 0. The molecule has 0 N–H and O–H groups in total. The number of carbonyl (C=O) groups is 3.